The summed E-state index contributed by atoms with van der Waals surface area (Å²) in [6.07, 6.45) is 6.24. The van der Waals surface area contributed by atoms with Gasteiger partial charge >= 0.3 is 0 Å². The van der Waals surface area contributed by atoms with E-state index in [0.29, 0.717) is 6.04 Å². The first-order valence-electron chi connectivity index (χ1n) is 6.41. The molecule has 0 unspecified atom stereocenters. The summed E-state index contributed by atoms with van der Waals surface area (Å²) < 4.78 is 6.97. The number of halogens is 1. The van der Waals surface area contributed by atoms with Gasteiger partial charge in [0.2, 0.25) is 0 Å². The maximum Gasteiger partial charge on any atom is 0.146 e. The standard InChI is InChI=1S/C15H15IN2O/c16-14-3-1-2-4-15(14)19-13-7-11(8-17-10-13)9-18-12-5-6-12/h1-4,7-8,10,12,18H,5-6,9H2. The van der Waals surface area contributed by atoms with E-state index in [0.717, 1.165) is 27.2 Å². The minimum Gasteiger partial charge on any atom is -0.455 e. The van der Waals surface area contributed by atoms with E-state index in [9.17, 15) is 0 Å². The van der Waals surface area contributed by atoms with Crippen LogP contribution in [0.25, 0.3) is 0 Å². The number of hydrogen-bond donors (Lipinski definition) is 1. The topological polar surface area (TPSA) is 34.1 Å². The van der Waals surface area contributed by atoms with Crippen LogP contribution in [0.15, 0.2) is 42.7 Å². The maximum absolute atomic E-state index is 5.87. The molecule has 3 nitrogen and oxygen atoms in total. The van der Waals surface area contributed by atoms with Crippen molar-refractivity contribution in [2.24, 2.45) is 0 Å². The van der Waals surface area contributed by atoms with Crippen molar-refractivity contribution in [3.63, 3.8) is 0 Å². The molecule has 1 N–H and O–H groups in total. The molecule has 1 aromatic carbocycles. The summed E-state index contributed by atoms with van der Waals surface area (Å²) in [6.45, 7) is 0.862. The molecule has 0 amide bonds. The van der Waals surface area contributed by atoms with E-state index in [1.165, 1.54) is 12.8 Å². The minimum atomic E-state index is 0.708. The van der Waals surface area contributed by atoms with Gasteiger partial charge in [0.15, 0.2) is 0 Å². The summed E-state index contributed by atoms with van der Waals surface area (Å²) in [5, 5.41) is 3.48. The van der Waals surface area contributed by atoms with Gasteiger partial charge < -0.3 is 10.1 Å². The Morgan fingerprint density at radius 2 is 2.11 bits per heavy atom. The fraction of sp³-hybridized carbons (Fsp3) is 0.267. The highest BCUT2D eigenvalue weighted by molar-refractivity contribution is 14.1. The lowest BCUT2D eigenvalue weighted by Gasteiger charge is -2.09. The molecule has 4 heteroatoms. The molecule has 0 atom stereocenters. The second-order valence-electron chi connectivity index (χ2n) is 4.72. The van der Waals surface area contributed by atoms with Crippen LogP contribution in [0.5, 0.6) is 11.5 Å². The highest BCUT2D eigenvalue weighted by Gasteiger charge is 2.19. The molecule has 19 heavy (non-hydrogen) atoms. The lowest BCUT2D eigenvalue weighted by molar-refractivity contribution is 0.475. The van der Waals surface area contributed by atoms with Crippen LogP contribution >= 0.6 is 22.6 Å². The second kappa shape index (κ2) is 5.88. The first-order valence-corrected chi connectivity index (χ1v) is 7.49. The van der Waals surface area contributed by atoms with Crippen LogP contribution in [0.2, 0.25) is 0 Å². The van der Waals surface area contributed by atoms with Crippen LogP contribution in [0, 0.1) is 3.57 Å². The maximum atomic E-state index is 5.87. The Balaban J connectivity index is 1.70. The van der Waals surface area contributed by atoms with Gasteiger partial charge in [-0.2, -0.15) is 0 Å². The molecule has 1 saturated carbocycles. The smallest absolute Gasteiger partial charge is 0.146 e. The zero-order valence-corrected chi connectivity index (χ0v) is 12.6. The van der Waals surface area contributed by atoms with E-state index in [1.54, 1.807) is 6.20 Å². The van der Waals surface area contributed by atoms with Gasteiger partial charge in [0.1, 0.15) is 11.5 Å². The molecule has 0 aliphatic heterocycles. The molecule has 1 aliphatic rings. The molecule has 1 fully saturated rings. The fourth-order valence-electron chi connectivity index (χ4n) is 1.82. The summed E-state index contributed by atoms with van der Waals surface area (Å²) in [4.78, 5) is 4.24. The third kappa shape index (κ3) is 3.67. The van der Waals surface area contributed by atoms with Crippen molar-refractivity contribution < 1.29 is 4.74 Å². The van der Waals surface area contributed by atoms with Gasteiger partial charge in [-0.3, -0.25) is 4.98 Å². The van der Waals surface area contributed by atoms with Crippen LogP contribution < -0.4 is 10.1 Å². The SMILES string of the molecule is Ic1ccccc1Oc1cncc(CNC2CC2)c1. The molecule has 98 valence electrons. The van der Waals surface area contributed by atoms with Crippen LogP contribution in [0.3, 0.4) is 0 Å². The van der Waals surface area contributed by atoms with Gasteiger partial charge in [-0.05, 0) is 59.2 Å². The molecule has 2 aromatic rings. The number of benzene rings is 1. The van der Waals surface area contributed by atoms with Gasteiger partial charge in [0, 0.05) is 18.8 Å². The summed E-state index contributed by atoms with van der Waals surface area (Å²) in [7, 11) is 0. The molecule has 0 saturated heterocycles. The Morgan fingerprint density at radius 3 is 2.89 bits per heavy atom. The van der Waals surface area contributed by atoms with Gasteiger partial charge in [-0.15, -0.1) is 0 Å². The van der Waals surface area contributed by atoms with E-state index >= 15 is 0 Å². The summed E-state index contributed by atoms with van der Waals surface area (Å²) >= 11 is 2.27. The van der Waals surface area contributed by atoms with Crippen LogP contribution in [0.4, 0.5) is 0 Å². The summed E-state index contributed by atoms with van der Waals surface area (Å²) in [5.41, 5.74) is 1.16. The minimum absolute atomic E-state index is 0.708. The van der Waals surface area contributed by atoms with Crippen molar-refractivity contribution in [1.82, 2.24) is 10.3 Å². The van der Waals surface area contributed by atoms with Gasteiger partial charge in [0.25, 0.3) is 0 Å². The van der Waals surface area contributed by atoms with Crippen LogP contribution in [0.1, 0.15) is 18.4 Å². The molecular formula is C15H15IN2O. The molecule has 0 bridgehead atoms. The predicted molar refractivity (Wildman–Crippen MR) is 83.3 cm³/mol. The number of pyridine rings is 1. The summed E-state index contributed by atoms with van der Waals surface area (Å²) in [6, 6.07) is 10.7. The van der Waals surface area contributed by atoms with Gasteiger partial charge in [-0.25, -0.2) is 0 Å². The van der Waals surface area contributed by atoms with Gasteiger partial charge in [0.05, 0.1) is 9.77 Å². The molecular weight excluding hydrogens is 351 g/mol. The first-order chi connectivity index (χ1) is 9.31. The van der Waals surface area contributed by atoms with E-state index < -0.39 is 0 Å². The number of nitrogens with zero attached hydrogens (tertiary/aromatic N) is 1. The van der Waals surface area contributed by atoms with E-state index in [4.69, 9.17) is 4.74 Å². The number of rotatable bonds is 5. The van der Waals surface area contributed by atoms with Crippen molar-refractivity contribution in [1.29, 1.82) is 0 Å². The first kappa shape index (κ1) is 12.9. The van der Waals surface area contributed by atoms with Crippen molar-refractivity contribution in [3.05, 3.63) is 51.9 Å². The number of hydrogen-bond acceptors (Lipinski definition) is 3. The largest absolute Gasteiger partial charge is 0.455 e. The van der Waals surface area contributed by atoms with Gasteiger partial charge in [-0.1, -0.05) is 12.1 Å². The number of nitrogens with one attached hydrogen (secondary N) is 1. The Morgan fingerprint density at radius 1 is 1.26 bits per heavy atom. The lowest BCUT2D eigenvalue weighted by atomic mass is 10.2. The Hall–Kier alpha value is -1.14. The van der Waals surface area contributed by atoms with Crippen molar-refractivity contribution in [2.45, 2.75) is 25.4 Å². The Kier molecular flexibility index (Phi) is 3.98. The predicted octanol–water partition coefficient (Wildman–Crippen LogP) is 3.73. The number of aromatic nitrogens is 1. The van der Waals surface area contributed by atoms with E-state index in [1.807, 2.05) is 36.5 Å². The Labute approximate surface area is 126 Å². The number of para-hydroxylation sites is 1. The normalized spacial score (nSPS) is 14.4. The zero-order valence-electron chi connectivity index (χ0n) is 10.5. The molecule has 0 spiro atoms. The second-order valence-corrected chi connectivity index (χ2v) is 5.88. The van der Waals surface area contributed by atoms with Crippen molar-refractivity contribution in [2.75, 3.05) is 0 Å². The van der Waals surface area contributed by atoms with E-state index in [2.05, 4.69) is 32.9 Å². The average Bonchev–Trinajstić information content (AvgIpc) is 3.24. The average molecular weight is 366 g/mol. The quantitative estimate of drug-likeness (QED) is 0.819. The van der Waals surface area contributed by atoms with E-state index in [-0.39, 0.29) is 0 Å². The fourth-order valence-corrected chi connectivity index (χ4v) is 2.32. The Bertz CT molecular complexity index is 570. The highest BCUT2D eigenvalue weighted by Crippen LogP contribution is 2.26. The lowest BCUT2D eigenvalue weighted by Crippen LogP contribution is -2.15. The highest BCUT2D eigenvalue weighted by atomic mass is 127. The monoisotopic (exact) mass is 366 g/mol. The third-order valence-electron chi connectivity index (χ3n) is 3.01. The van der Waals surface area contributed by atoms with Crippen LogP contribution in [-0.2, 0) is 6.54 Å². The van der Waals surface area contributed by atoms with Crippen molar-refractivity contribution in [3.8, 4) is 11.5 Å². The zero-order chi connectivity index (χ0) is 13.1. The summed E-state index contributed by atoms with van der Waals surface area (Å²) in [5.74, 6) is 1.66. The molecule has 3 rings (SSSR count). The molecule has 1 aromatic heterocycles. The molecule has 1 aliphatic carbocycles. The third-order valence-corrected chi connectivity index (χ3v) is 3.90. The van der Waals surface area contributed by atoms with Crippen LogP contribution in [-0.4, -0.2) is 11.0 Å². The molecule has 0 radical (unpaired) electrons. The molecule has 1 heterocycles. The van der Waals surface area contributed by atoms with Crippen molar-refractivity contribution >= 4 is 22.6 Å². The number of ether oxygens (including phenoxy) is 1.